The van der Waals surface area contributed by atoms with Gasteiger partial charge in [0.05, 0.1) is 5.69 Å². The summed E-state index contributed by atoms with van der Waals surface area (Å²) in [6, 6.07) is 6.22. The number of anilines is 1. The molecule has 2 rings (SSSR count). The van der Waals surface area contributed by atoms with Crippen LogP contribution in [0, 0.1) is 5.82 Å². The molecule has 122 valence electrons. The molecule has 1 amide bonds. The topological polar surface area (TPSA) is 55.4 Å². The van der Waals surface area contributed by atoms with Crippen LogP contribution in [-0.4, -0.2) is 18.0 Å². The third-order valence-corrected chi connectivity index (χ3v) is 4.29. The Kier molecular flexibility index (Phi) is 6.29. The van der Waals surface area contributed by atoms with Crippen LogP contribution in [0.4, 0.5) is 10.1 Å². The zero-order valence-corrected chi connectivity index (χ0v) is 14.7. The molecule has 0 fully saturated rings. The molecule has 0 aliphatic rings. The van der Waals surface area contributed by atoms with Crippen LogP contribution in [0.2, 0.25) is 0 Å². The summed E-state index contributed by atoms with van der Waals surface area (Å²) < 4.78 is 19.3. The molecular formula is C16H15BrFNO3S. The van der Waals surface area contributed by atoms with Crippen molar-refractivity contribution in [2.24, 2.45) is 0 Å². The summed E-state index contributed by atoms with van der Waals surface area (Å²) in [6.45, 7) is 1.45. The van der Waals surface area contributed by atoms with Crippen LogP contribution in [0.3, 0.4) is 0 Å². The van der Waals surface area contributed by atoms with E-state index in [0.29, 0.717) is 10.9 Å². The highest BCUT2D eigenvalue weighted by Gasteiger charge is 2.19. The minimum atomic E-state index is -0.993. The minimum Gasteiger partial charge on any atom is -0.453 e. The highest BCUT2D eigenvalue weighted by Crippen LogP contribution is 2.19. The van der Waals surface area contributed by atoms with Gasteiger partial charge in [-0.2, -0.15) is 11.3 Å². The third-order valence-electron chi connectivity index (χ3n) is 3.06. The fraction of sp³-hybridized carbons (Fsp3) is 0.250. The van der Waals surface area contributed by atoms with Crippen molar-refractivity contribution in [3.63, 3.8) is 0 Å². The Hall–Kier alpha value is -1.73. The van der Waals surface area contributed by atoms with Gasteiger partial charge in [-0.15, -0.1) is 0 Å². The fourth-order valence-electron chi connectivity index (χ4n) is 1.82. The first-order chi connectivity index (χ1) is 11.0. The highest BCUT2D eigenvalue weighted by molar-refractivity contribution is 9.10. The van der Waals surface area contributed by atoms with Crippen LogP contribution in [0.1, 0.15) is 18.9 Å². The summed E-state index contributed by atoms with van der Waals surface area (Å²) in [4.78, 5) is 23.7. The number of amides is 1. The van der Waals surface area contributed by atoms with Crippen molar-refractivity contribution in [3.8, 4) is 0 Å². The van der Waals surface area contributed by atoms with E-state index in [4.69, 9.17) is 4.74 Å². The largest absolute Gasteiger partial charge is 0.453 e. The average molecular weight is 400 g/mol. The van der Waals surface area contributed by atoms with E-state index in [1.165, 1.54) is 19.1 Å². The van der Waals surface area contributed by atoms with Crippen molar-refractivity contribution in [2.45, 2.75) is 25.9 Å². The van der Waals surface area contributed by atoms with Crippen molar-refractivity contribution >= 4 is 44.8 Å². The molecule has 2 aromatic rings. The lowest BCUT2D eigenvalue weighted by Crippen LogP contribution is -2.30. The number of hydrogen-bond acceptors (Lipinski definition) is 4. The molecule has 1 aromatic heterocycles. The van der Waals surface area contributed by atoms with Crippen LogP contribution in [0.15, 0.2) is 39.5 Å². The number of esters is 1. The molecule has 1 heterocycles. The number of nitrogens with one attached hydrogen (secondary N) is 1. The number of carbonyl (C=O) groups is 2. The van der Waals surface area contributed by atoms with Crippen LogP contribution in [0.25, 0.3) is 0 Å². The Balaban J connectivity index is 1.83. The third kappa shape index (κ3) is 5.44. The second-order valence-corrected chi connectivity index (χ2v) is 6.57. The quantitative estimate of drug-likeness (QED) is 0.742. The molecule has 4 nitrogen and oxygen atoms in total. The molecule has 23 heavy (non-hydrogen) atoms. The number of rotatable bonds is 6. The molecule has 0 aliphatic carbocycles. The van der Waals surface area contributed by atoms with Gasteiger partial charge in [-0.3, -0.25) is 9.59 Å². The summed E-state index contributed by atoms with van der Waals surface area (Å²) in [5.74, 6) is -1.60. The molecule has 1 aromatic carbocycles. The Labute approximate surface area is 145 Å². The number of aryl methyl sites for hydroxylation is 1. The van der Waals surface area contributed by atoms with E-state index in [0.717, 1.165) is 5.56 Å². The number of thiophene rings is 1. The molecule has 0 aliphatic heterocycles. The minimum absolute atomic E-state index is 0.0411. The first-order valence-electron chi connectivity index (χ1n) is 6.92. The number of halogens is 2. The average Bonchev–Trinajstić information content (AvgIpc) is 3.01. The normalized spacial score (nSPS) is 11.8. The fourth-order valence-corrected chi connectivity index (χ4v) is 2.85. The van der Waals surface area contributed by atoms with Gasteiger partial charge in [0.15, 0.2) is 6.10 Å². The van der Waals surface area contributed by atoms with E-state index < -0.39 is 23.8 Å². The molecule has 1 atom stereocenters. The Bertz CT molecular complexity index is 691. The first kappa shape index (κ1) is 17.6. The number of carbonyl (C=O) groups excluding carboxylic acids is 2. The molecular weight excluding hydrogens is 385 g/mol. The summed E-state index contributed by atoms with van der Waals surface area (Å²) >= 11 is 4.69. The Morgan fingerprint density at radius 3 is 2.83 bits per heavy atom. The molecule has 0 bridgehead atoms. The van der Waals surface area contributed by atoms with Gasteiger partial charge in [-0.1, -0.05) is 15.9 Å². The predicted octanol–water partition coefficient (Wildman–Crippen LogP) is 4.15. The molecule has 1 N–H and O–H groups in total. The van der Waals surface area contributed by atoms with Gasteiger partial charge < -0.3 is 10.1 Å². The maximum atomic E-state index is 13.7. The standard InChI is InChI=1S/C16H15BrFNO3S/c1-10(22-15(20)5-2-11-6-7-23-9-11)16(21)19-14-4-3-12(17)8-13(14)18/h3-4,6-10H,2,5H2,1H3,(H,19,21)/t10-/m1/s1. The van der Waals surface area contributed by atoms with E-state index >= 15 is 0 Å². The maximum Gasteiger partial charge on any atom is 0.306 e. The first-order valence-corrected chi connectivity index (χ1v) is 8.66. The van der Waals surface area contributed by atoms with E-state index in [1.54, 1.807) is 17.4 Å². The maximum absolute atomic E-state index is 13.7. The SMILES string of the molecule is C[C@@H](OC(=O)CCc1ccsc1)C(=O)Nc1ccc(Br)cc1F. The zero-order chi connectivity index (χ0) is 16.8. The number of hydrogen-bond donors (Lipinski definition) is 1. The predicted molar refractivity (Wildman–Crippen MR) is 90.9 cm³/mol. The van der Waals surface area contributed by atoms with Gasteiger partial charge in [0.1, 0.15) is 5.82 Å². The second-order valence-electron chi connectivity index (χ2n) is 4.88. The van der Waals surface area contributed by atoms with E-state index in [9.17, 15) is 14.0 Å². The Morgan fingerprint density at radius 1 is 1.39 bits per heavy atom. The van der Waals surface area contributed by atoms with Gasteiger partial charge in [0.25, 0.3) is 5.91 Å². The van der Waals surface area contributed by atoms with E-state index in [2.05, 4.69) is 21.2 Å². The van der Waals surface area contributed by atoms with Crippen molar-refractivity contribution in [3.05, 3.63) is 50.9 Å². The summed E-state index contributed by atoms with van der Waals surface area (Å²) in [7, 11) is 0. The molecule has 0 saturated carbocycles. The van der Waals surface area contributed by atoms with Crippen molar-refractivity contribution in [2.75, 3.05) is 5.32 Å². The molecule has 0 unspecified atom stereocenters. The van der Waals surface area contributed by atoms with Crippen LogP contribution in [-0.2, 0) is 20.7 Å². The lowest BCUT2D eigenvalue weighted by molar-refractivity contribution is -0.153. The number of benzene rings is 1. The molecule has 0 radical (unpaired) electrons. The van der Waals surface area contributed by atoms with Gasteiger partial charge in [-0.25, -0.2) is 4.39 Å². The summed E-state index contributed by atoms with van der Waals surface area (Å²) in [5.41, 5.74) is 1.10. The van der Waals surface area contributed by atoms with Crippen LogP contribution in [0.5, 0.6) is 0 Å². The molecule has 0 saturated heterocycles. The number of ether oxygens (including phenoxy) is 1. The summed E-state index contributed by atoms with van der Waals surface area (Å²) in [6.07, 6.45) is -0.230. The summed E-state index contributed by atoms with van der Waals surface area (Å²) in [5, 5.41) is 6.29. The van der Waals surface area contributed by atoms with E-state index in [1.807, 2.05) is 16.8 Å². The Morgan fingerprint density at radius 2 is 2.17 bits per heavy atom. The van der Waals surface area contributed by atoms with Gasteiger partial charge in [0.2, 0.25) is 0 Å². The van der Waals surface area contributed by atoms with Gasteiger partial charge in [0, 0.05) is 10.9 Å². The van der Waals surface area contributed by atoms with Crippen molar-refractivity contribution in [1.29, 1.82) is 0 Å². The lowest BCUT2D eigenvalue weighted by atomic mass is 10.2. The highest BCUT2D eigenvalue weighted by atomic mass is 79.9. The van der Waals surface area contributed by atoms with Gasteiger partial charge in [-0.05, 0) is 53.9 Å². The smallest absolute Gasteiger partial charge is 0.306 e. The molecule has 0 spiro atoms. The van der Waals surface area contributed by atoms with Crippen LogP contribution < -0.4 is 5.32 Å². The zero-order valence-electron chi connectivity index (χ0n) is 12.3. The van der Waals surface area contributed by atoms with Crippen molar-refractivity contribution < 1.29 is 18.7 Å². The van der Waals surface area contributed by atoms with Gasteiger partial charge >= 0.3 is 5.97 Å². The van der Waals surface area contributed by atoms with E-state index in [-0.39, 0.29) is 12.1 Å². The lowest BCUT2D eigenvalue weighted by Gasteiger charge is -2.14. The monoisotopic (exact) mass is 399 g/mol. The van der Waals surface area contributed by atoms with Crippen LogP contribution >= 0.6 is 27.3 Å². The van der Waals surface area contributed by atoms with Crippen molar-refractivity contribution in [1.82, 2.24) is 0 Å². The molecule has 7 heteroatoms. The second kappa shape index (κ2) is 8.21.